The van der Waals surface area contributed by atoms with E-state index in [1.54, 1.807) is 0 Å². The maximum absolute atomic E-state index is 12.7. The summed E-state index contributed by atoms with van der Waals surface area (Å²) in [6.07, 6.45) is 8.20. The van der Waals surface area contributed by atoms with Gasteiger partial charge in [-0.3, -0.25) is 4.79 Å². The van der Waals surface area contributed by atoms with Gasteiger partial charge in [-0.25, -0.2) is 4.68 Å². The third-order valence-electron chi connectivity index (χ3n) is 4.81. The first-order chi connectivity index (χ1) is 11.5. The summed E-state index contributed by atoms with van der Waals surface area (Å²) in [6.45, 7) is 6.83. The Bertz CT molecular complexity index is 499. The van der Waals surface area contributed by atoms with Gasteiger partial charge in [-0.15, -0.1) is 5.10 Å². The van der Waals surface area contributed by atoms with Crippen LogP contribution in [-0.2, 0) is 11.3 Å². The Labute approximate surface area is 146 Å². The molecule has 0 aliphatic carbocycles. The smallest absolute Gasteiger partial charge is 0.225 e. The van der Waals surface area contributed by atoms with Crippen LogP contribution in [-0.4, -0.2) is 57.9 Å². The molecule has 1 aliphatic rings. The molecule has 0 unspecified atom stereocenters. The summed E-state index contributed by atoms with van der Waals surface area (Å²) in [6, 6.07) is 0.369. The van der Waals surface area contributed by atoms with Gasteiger partial charge < -0.3 is 9.80 Å². The molecule has 6 heteroatoms. The van der Waals surface area contributed by atoms with Gasteiger partial charge in [0, 0.05) is 25.6 Å². The van der Waals surface area contributed by atoms with Gasteiger partial charge in [-0.1, -0.05) is 31.9 Å². The largest absolute Gasteiger partial charge is 0.342 e. The molecule has 0 atom stereocenters. The van der Waals surface area contributed by atoms with E-state index in [4.69, 9.17) is 0 Å². The molecule has 2 rings (SSSR count). The van der Waals surface area contributed by atoms with Crippen LogP contribution in [0.3, 0.4) is 0 Å². The number of likely N-dealkylation sites (tertiary alicyclic amines) is 1. The van der Waals surface area contributed by atoms with Gasteiger partial charge in [0.05, 0.1) is 17.9 Å². The topological polar surface area (TPSA) is 54.3 Å². The Balaban J connectivity index is 1.88. The van der Waals surface area contributed by atoms with Crippen LogP contribution in [0.1, 0.15) is 64.1 Å². The molecule has 24 heavy (non-hydrogen) atoms. The summed E-state index contributed by atoms with van der Waals surface area (Å²) >= 11 is 0. The molecule has 0 radical (unpaired) electrons. The number of nitrogens with zero attached hydrogens (tertiary/aromatic N) is 5. The summed E-state index contributed by atoms with van der Waals surface area (Å²) in [5, 5.41) is 8.55. The lowest BCUT2D eigenvalue weighted by Gasteiger charge is -2.34. The van der Waals surface area contributed by atoms with Crippen LogP contribution in [0.15, 0.2) is 6.20 Å². The summed E-state index contributed by atoms with van der Waals surface area (Å²) in [4.78, 5) is 16.9. The Morgan fingerprint density at radius 3 is 2.42 bits per heavy atom. The fraction of sp³-hybridized carbons (Fsp3) is 0.833. The van der Waals surface area contributed by atoms with Crippen molar-refractivity contribution >= 4 is 5.91 Å². The molecule has 0 N–H and O–H groups in total. The minimum Gasteiger partial charge on any atom is -0.342 e. The van der Waals surface area contributed by atoms with Crippen molar-refractivity contribution in [3.8, 4) is 0 Å². The van der Waals surface area contributed by atoms with E-state index in [0.717, 1.165) is 63.9 Å². The number of hydrogen-bond donors (Lipinski definition) is 0. The maximum atomic E-state index is 12.7. The van der Waals surface area contributed by atoms with E-state index >= 15 is 0 Å². The maximum Gasteiger partial charge on any atom is 0.225 e. The number of piperidine rings is 1. The minimum absolute atomic E-state index is 0.217. The summed E-state index contributed by atoms with van der Waals surface area (Å²) in [5.41, 5.74) is 1.00. The molecule has 1 aromatic rings. The van der Waals surface area contributed by atoms with Gasteiger partial charge in [0.1, 0.15) is 0 Å². The molecule has 0 aromatic carbocycles. The zero-order valence-electron chi connectivity index (χ0n) is 15.7. The number of carbonyl (C=O) groups excluding carboxylic acids is 1. The van der Waals surface area contributed by atoms with Gasteiger partial charge >= 0.3 is 0 Å². The molecule has 0 bridgehead atoms. The third-order valence-corrected chi connectivity index (χ3v) is 4.81. The quantitative estimate of drug-likeness (QED) is 0.733. The monoisotopic (exact) mass is 335 g/mol. The summed E-state index contributed by atoms with van der Waals surface area (Å²) < 4.78 is 2.00. The van der Waals surface area contributed by atoms with Crippen molar-refractivity contribution in [1.82, 2.24) is 24.8 Å². The molecule has 1 fully saturated rings. The lowest BCUT2D eigenvalue weighted by molar-refractivity contribution is -0.137. The second kappa shape index (κ2) is 9.16. The molecule has 0 spiro atoms. The number of amides is 1. The van der Waals surface area contributed by atoms with Crippen LogP contribution in [0, 0.1) is 5.92 Å². The van der Waals surface area contributed by atoms with Crippen LogP contribution in [0.4, 0.5) is 0 Å². The van der Waals surface area contributed by atoms with Crippen molar-refractivity contribution in [2.24, 2.45) is 5.92 Å². The fourth-order valence-electron chi connectivity index (χ4n) is 3.59. The van der Waals surface area contributed by atoms with Gasteiger partial charge in [0.2, 0.25) is 5.91 Å². The molecule has 0 saturated carbocycles. The van der Waals surface area contributed by atoms with E-state index in [1.165, 1.54) is 0 Å². The SMILES string of the molecule is CCCC(CCC)C(=O)N1CCC(n2cc(CN(C)C)nn2)CC1. The Hall–Kier alpha value is -1.43. The van der Waals surface area contributed by atoms with Crippen LogP contribution in [0.25, 0.3) is 0 Å². The lowest BCUT2D eigenvalue weighted by atomic mass is 9.95. The zero-order valence-corrected chi connectivity index (χ0v) is 15.7. The van der Waals surface area contributed by atoms with Gasteiger partial charge in [-0.2, -0.15) is 0 Å². The lowest BCUT2D eigenvalue weighted by Crippen LogP contribution is -2.42. The van der Waals surface area contributed by atoms with Crippen molar-refractivity contribution < 1.29 is 4.79 Å². The number of rotatable bonds is 8. The second-order valence-electron chi connectivity index (χ2n) is 7.26. The highest BCUT2D eigenvalue weighted by Gasteiger charge is 2.28. The van der Waals surface area contributed by atoms with Crippen molar-refractivity contribution in [3.05, 3.63) is 11.9 Å². The van der Waals surface area contributed by atoms with E-state index < -0.39 is 0 Å². The van der Waals surface area contributed by atoms with E-state index in [9.17, 15) is 4.79 Å². The molecule has 1 aliphatic heterocycles. The van der Waals surface area contributed by atoms with Gasteiger partial charge in [0.25, 0.3) is 0 Å². The van der Waals surface area contributed by atoms with Crippen LogP contribution < -0.4 is 0 Å². The number of aromatic nitrogens is 3. The average molecular weight is 335 g/mol. The Kier molecular flexibility index (Phi) is 7.21. The van der Waals surface area contributed by atoms with E-state index in [1.807, 2.05) is 18.8 Å². The molecule has 1 aromatic heterocycles. The van der Waals surface area contributed by atoms with Crippen LogP contribution in [0.2, 0.25) is 0 Å². The third kappa shape index (κ3) is 5.03. The van der Waals surface area contributed by atoms with E-state index in [0.29, 0.717) is 11.9 Å². The van der Waals surface area contributed by atoms with Crippen molar-refractivity contribution in [3.63, 3.8) is 0 Å². The molecule has 1 saturated heterocycles. The van der Waals surface area contributed by atoms with Crippen molar-refractivity contribution in [2.75, 3.05) is 27.2 Å². The van der Waals surface area contributed by atoms with E-state index in [2.05, 4.69) is 40.2 Å². The zero-order chi connectivity index (χ0) is 17.5. The Morgan fingerprint density at radius 2 is 1.88 bits per heavy atom. The molecule has 2 heterocycles. The first kappa shape index (κ1) is 18.9. The van der Waals surface area contributed by atoms with Gasteiger partial charge in [-0.05, 0) is 39.8 Å². The predicted octanol–water partition coefficient (Wildman–Crippen LogP) is 2.72. The van der Waals surface area contributed by atoms with Crippen LogP contribution in [0.5, 0.6) is 0 Å². The molecule has 136 valence electrons. The molecule has 6 nitrogen and oxygen atoms in total. The summed E-state index contributed by atoms with van der Waals surface area (Å²) in [7, 11) is 4.07. The number of carbonyl (C=O) groups is 1. The highest BCUT2D eigenvalue weighted by atomic mass is 16.2. The Morgan fingerprint density at radius 1 is 1.25 bits per heavy atom. The first-order valence-electron chi connectivity index (χ1n) is 9.39. The first-order valence-corrected chi connectivity index (χ1v) is 9.39. The minimum atomic E-state index is 0.217. The normalized spacial score (nSPS) is 16.3. The van der Waals surface area contributed by atoms with Crippen molar-refractivity contribution in [1.29, 1.82) is 0 Å². The van der Waals surface area contributed by atoms with Crippen LogP contribution >= 0.6 is 0 Å². The standard InChI is InChI=1S/C18H33N5O/c1-5-7-15(8-6-2)18(24)22-11-9-17(10-12-22)23-14-16(19-20-23)13-21(3)4/h14-15,17H,5-13H2,1-4H3. The highest BCUT2D eigenvalue weighted by molar-refractivity contribution is 5.78. The number of hydrogen-bond acceptors (Lipinski definition) is 4. The van der Waals surface area contributed by atoms with E-state index in [-0.39, 0.29) is 5.92 Å². The van der Waals surface area contributed by atoms with Gasteiger partial charge in [0.15, 0.2) is 0 Å². The van der Waals surface area contributed by atoms with Crippen molar-refractivity contribution in [2.45, 2.75) is 65.0 Å². The highest BCUT2D eigenvalue weighted by Crippen LogP contribution is 2.25. The summed E-state index contributed by atoms with van der Waals surface area (Å²) in [5.74, 6) is 0.582. The molecule has 1 amide bonds. The fourth-order valence-corrected chi connectivity index (χ4v) is 3.59. The second-order valence-corrected chi connectivity index (χ2v) is 7.26. The molecular weight excluding hydrogens is 302 g/mol. The average Bonchev–Trinajstić information content (AvgIpc) is 3.02. The molecular formula is C18H33N5O. The predicted molar refractivity (Wildman–Crippen MR) is 95.6 cm³/mol.